The first-order valence-corrected chi connectivity index (χ1v) is 3.14. The van der Waals surface area contributed by atoms with Crippen LogP contribution in [0.25, 0.3) is 0 Å². The molecule has 0 radical (unpaired) electrons. The Balaban J connectivity index is 3.79. The van der Waals surface area contributed by atoms with Gasteiger partial charge in [0.25, 0.3) is 0 Å². The van der Waals surface area contributed by atoms with Gasteiger partial charge in [-0.3, -0.25) is 0 Å². The maximum absolute atomic E-state index is 9.10. The van der Waals surface area contributed by atoms with Gasteiger partial charge in [0.1, 0.15) is 5.72 Å². The van der Waals surface area contributed by atoms with Crippen molar-refractivity contribution < 1.29 is 10.2 Å². The predicted octanol–water partition coefficient (Wildman–Crippen LogP) is -0.328. The number of aliphatic hydroxyl groups is 2. The van der Waals surface area contributed by atoms with Gasteiger partial charge in [-0.05, 0) is 13.3 Å². The van der Waals surface area contributed by atoms with E-state index in [2.05, 4.69) is 0 Å². The average Bonchev–Trinajstić information content (AvgIpc) is 1.65. The summed E-state index contributed by atoms with van der Waals surface area (Å²) in [5.74, 6) is -0.211. The highest BCUT2D eigenvalue weighted by atomic mass is 16.3. The third-order valence-electron chi connectivity index (χ3n) is 1.54. The van der Waals surface area contributed by atoms with E-state index in [1.54, 1.807) is 0 Å². The number of nitrogens with two attached hydrogens (primary N) is 1. The lowest BCUT2D eigenvalue weighted by atomic mass is 9.97. The molecule has 0 aliphatic carbocycles. The first kappa shape index (κ1) is 8.88. The molecule has 0 saturated heterocycles. The van der Waals surface area contributed by atoms with E-state index in [4.69, 9.17) is 15.9 Å². The van der Waals surface area contributed by atoms with E-state index in [0.717, 1.165) is 0 Å². The Morgan fingerprint density at radius 1 is 1.67 bits per heavy atom. The summed E-state index contributed by atoms with van der Waals surface area (Å²) in [6.07, 6.45) is 0.694. The molecule has 56 valence electrons. The minimum atomic E-state index is -1.23. The molecule has 0 saturated carbocycles. The molecule has 2 unspecified atom stereocenters. The van der Waals surface area contributed by atoms with Gasteiger partial charge in [0, 0.05) is 12.5 Å². The number of aliphatic hydroxyl groups excluding tert-OH is 1. The zero-order valence-corrected chi connectivity index (χ0v) is 5.96. The van der Waals surface area contributed by atoms with Gasteiger partial charge in [-0.2, -0.15) is 0 Å². The Kier molecular flexibility index (Phi) is 3.11. The predicted molar refractivity (Wildman–Crippen MR) is 35.7 cm³/mol. The average molecular weight is 133 g/mol. The molecule has 0 fully saturated rings. The van der Waals surface area contributed by atoms with Crippen LogP contribution in [0.2, 0.25) is 0 Å². The summed E-state index contributed by atoms with van der Waals surface area (Å²) >= 11 is 0. The number of hydrogen-bond donors (Lipinski definition) is 3. The highest BCUT2D eigenvalue weighted by Gasteiger charge is 2.24. The fraction of sp³-hybridized carbons (Fsp3) is 1.00. The van der Waals surface area contributed by atoms with Gasteiger partial charge in [-0.25, -0.2) is 0 Å². The monoisotopic (exact) mass is 133 g/mol. The third kappa shape index (κ3) is 2.79. The summed E-state index contributed by atoms with van der Waals surface area (Å²) in [4.78, 5) is 0. The van der Waals surface area contributed by atoms with Crippen molar-refractivity contribution >= 4 is 0 Å². The zero-order valence-electron chi connectivity index (χ0n) is 5.96. The molecule has 0 aromatic rings. The Morgan fingerprint density at radius 3 is 2.11 bits per heavy atom. The lowest BCUT2D eigenvalue weighted by Crippen LogP contribution is -2.45. The molecule has 0 aromatic carbocycles. The van der Waals surface area contributed by atoms with E-state index in [0.29, 0.717) is 6.42 Å². The minimum Gasteiger partial charge on any atom is -0.396 e. The van der Waals surface area contributed by atoms with E-state index in [1.165, 1.54) is 6.92 Å². The van der Waals surface area contributed by atoms with Gasteiger partial charge in [-0.15, -0.1) is 0 Å². The molecule has 2 atom stereocenters. The standard InChI is InChI=1S/C6H15NO2/c1-3-5(4-8)6(2,7)9/h5,8-9H,3-4,7H2,1-2H3. The lowest BCUT2D eigenvalue weighted by molar-refractivity contribution is -0.0204. The van der Waals surface area contributed by atoms with Crippen molar-refractivity contribution in [2.45, 2.75) is 26.0 Å². The van der Waals surface area contributed by atoms with Crippen molar-refractivity contribution in [2.24, 2.45) is 11.7 Å². The van der Waals surface area contributed by atoms with E-state index in [1.807, 2.05) is 6.92 Å². The fourth-order valence-corrected chi connectivity index (χ4v) is 0.727. The lowest BCUT2D eigenvalue weighted by Gasteiger charge is -2.25. The molecule has 4 N–H and O–H groups in total. The molecule has 0 aliphatic rings. The maximum Gasteiger partial charge on any atom is 0.115 e. The topological polar surface area (TPSA) is 66.5 Å². The van der Waals surface area contributed by atoms with E-state index in [-0.39, 0.29) is 12.5 Å². The molecular formula is C6H15NO2. The van der Waals surface area contributed by atoms with E-state index in [9.17, 15) is 0 Å². The number of rotatable bonds is 3. The van der Waals surface area contributed by atoms with Crippen LogP contribution in [0.1, 0.15) is 20.3 Å². The first-order chi connectivity index (χ1) is 4.02. The second-order valence-electron chi connectivity index (χ2n) is 2.51. The summed E-state index contributed by atoms with van der Waals surface area (Å²) in [7, 11) is 0. The summed E-state index contributed by atoms with van der Waals surface area (Å²) < 4.78 is 0. The molecular weight excluding hydrogens is 118 g/mol. The summed E-state index contributed by atoms with van der Waals surface area (Å²) in [6, 6.07) is 0. The van der Waals surface area contributed by atoms with Crippen LogP contribution in [0.3, 0.4) is 0 Å². The second-order valence-corrected chi connectivity index (χ2v) is 2.51. The van der Waals surface area contributed by atoms with Crippen LogP contribution in [0.4, 0.5) is 0 Å². The molecule has 0 amide bonds. The quantitative estimate of drug-likeness (QED) is 0.462. The van der Waals surface area contributed by atoms with Crippen molar-refractivity contribution in [1.82, 2.24) is 0 Å². The number of hydrogen-bond acceptors (Lipinski definition) is 3. The van der Waals surface area contributed by atoms with Crippen molar-refractivity contribution in [3.8, 4) is 0 Å². The van der Waals surface area contributed by atoms with Gasteiger partial charge in [0.05, 0.1) is 0 Å². The van der Waals surface area contributed by atoms with Crippen LogP contribution in [-0.2, 0) is 0 Å². The van der Waals surface area contributed by atoms with Crippen LogP contribution >= 0.6 is 0 Å². The van der Waals surface area contributed by atoms with Gasteiger partial charge < -0.3 is 15.9 Å². The molecule has 0 spiro atoms. The molecule has 3 heteroatoms. The smallest absolute Gasteiger partial charge is 0.115 e. The third-order valence-corrected chi connectivity index (χ3v) is 1.54. The van der Waals surface area contributed by atoms with Crippen molar-refractivity contribution in [3.05, 3.63) is 0 Å². The highest BCUT2D eigenvalue weighted by Crippen LogP contribution is 2.13. The Bertz CT molecular complexity index is 73.6. The molecule has 9 heavy (non-hydrogen) atoms. The highest BCUT2D eigenvalue weighted by molar-refractivity contribution is 4.73. The maximum atomic E-state index is 9.10. The molecule has 0 aliphatic heterocycles. The minimum absolute atomic E-state index is 0.0556. The van der Waals surface area contributed by atoms with Gasteiger partial charge in [0.15, 0.2) is 0 Å². The van der Waals surface area contributed by atoms with Crippen molar-refractivity contribution in [1.29, 1.82) is 0 Å². The molecule has 0 heterocycles. The van der Waals surface area contributed by atoms with E-state index >= 15 is 0 Å². The van der Waals surface area contributed by atoms with Crippen LogP contribution in [0.5, 0.6) is 0 Å². The van der Waals surface area contributed by atoms with Crippen molar-refractivity contribution in [3.63, 3.8) is 0 Å². The Hall–Kier alpha value is -0.120. The molecule has 0 aromatic heterocycles. The SMILES string of the molecule is CCC(CO)C(C)(N)O. The summed E-state index contributed by atoms with van der Waals surface area (Å²) in [5.41, 5.74) is 4.06. The van der Waals surface area contributed by atoms with Crippen LogP contribution in [0, 0.1) is 5.92 Å². The largest absolute Gasteiger partial charge is 0.396 e. The summed E-state index contributed by atoms with van der Waals surface area (Å²) in [5, 5.41) is 17.7. The normalized spacial score (nSPS) is 21.0. The first-order valence-electron chi connectivity index (χ1n) is 3.14. The second kappa shape index (κ2) is 3.15. The molecule has 0 rings (SSSR count). The Labute approximate surface area is 55.5 Å². The van der Waals surface area contributed by atoms with E-state index < -0.39 is 5.72 Å². The van der Waals surface area contributed by atoms with Crippen molar-refractivity contribution in [2.75, 3.05) is 6.61 Å². The van der Waals surface area contributed by atoms with Gasteiger partial charge in [0.2, 0.25) is 0 Å². The molecule has 3 nitrogen and oxygen atoms in total. The van der Waals surface area contributed by atoms with Crippen LogP contribution in [-0.4, -0.2) is 22.5 Å². The van der Waals surface area contributed by atoms with Gasteiger partial charge >= 0.3 is 0 Å². The summed E-state index contributed by atoms with van der Waals surface area (Å²) in [6.45, 7) is 3.32. The fourth-order valence-electron chi connectivity index (χ4n) is 0.727. The van der Waals surface area contributed by atoms with Crippen LogP contribution in [0.15, 0.2) is 0 Å². The Morgan fingerprint density at radius 2 is 2.11 bits per heavy atom. The van der Waals surface area contributed by atoms with Gasteiger partial charge in [-0.1, -0.05) is 6.92 Å². The van der Waals surface area contributed by atoms with Crippen LogP contribution < -0.4 is 5.73 Å². The zero-order chi connectivity index (χ0) is 7.49. The molecule has 0 bridgehead atoms.